The first kappa shape index (κ1) is 12.4. The van der Waals surface area contributed by atoms with Crippen LogP contribution in [0.3, 0.4) is 0 Å². The van der Waals surface area contributed by atoms with Gasteiger partial charge in [0.15, 0.2) is 23.1 Å². The zero-order chi connectivity index (χ0) is 13.1. The van der Waals surface area contributed by atoms with Crippen LogP contribution in [0.2, 0.25) is 0 Å². The van der Waals surface area contributed by atoms with Crippen LogP contribution in [0.1, 0.15) is 28.8 Å². The van der Waals surface area contributed by atoms with Crippen molar-refractivity contribution in [3.63, 3.8) is 0 Å². The van der Waals surface area contributed by atoms with E-state index in [4.69, 9.17) is 9.15 Å². The van der Waals surface area contributed by atoms with E-state index in [0.29, 0.717) is 17.9 Å². The van der Waals surface area contributed by atoms with Gasteiger partial charge < -0.3 is 9.15 Å². The van der Waals surface area contributed by atoms with E-state index in [9.17, 15) is 9.18 Å². The van der Waals surface area contributed by atoms with Crippen LogP contribution in [-0.4, -0.2) is 12.9 Å². The Balaban J connectivity index is 2.20. The van der Waals surface area contributed by atoms with Crippen molar-refractivity contribution in [1.82, 2.24) is 0 Å². The van der Waals surface area contributed by atoms with Crippen LogP contribution >= 0.6 is 0 Å². The Labute approximate surface area is 104 Å². The molecule has 0 fully saturated rings. The zero-order valence-electron chi connectivity index (χ0n) is 10.2. The second kappa shape index (κ2) is 5.04. The summed E-state index contributed by atoms with van der Waals surface area (Å²) in [6.45, 7) is 1.45. The highest BCUT2D eigenvalue weighted by Crippen LogP contribution is 2.21. The van der Waals surface area contributed by atoms with E-state index in [0.717, 1.165) is 5.56 Å². The molecular weight excluding hydrogens is 235 g/mol. The molecule has 4 heteroatoms. The molecule has 1 heterocycles. The lowest BCUT2D eigenvalue weighted by Gasteiger charge is -2.04. The third-order valence-corrected chi connectivity index (χ3v) is 2.60. The average molecular weight is 248 g/mol. The van der Waals surface area contributed by atoms with Gasteiger partial charge >= 0.3 is 0 Å². The lowest BCUT2D eigenvalue weighted by molar-refractivity contribution is 0.0985. The summed E-state index contributed by atoms with van der Waals surface area (Å²) in [5.74, 6) is 0.682. The molecule has 2 rings (SSSR count). The number of benzene rings is 1. The molecule has 1 aromatic carbocycles. The maximum Gasteiger partial charge on any atom is 0.194 e. The number of hydrogen-bond donors (Lipinski definition) is 0. The Morgan fingerprint density at radius 2 is 2.11 bits per heavy atom. The maximum absolute atomic E-state index is 13.2. The molecular formula is C14H13FO3. The second-order valence-corrected chi connectivity index (χ2v) is 3.97. The van der Waals surface area contributed by atoms with Gasteiger partial charge in [-0.1, -0.05) is 6.07 Å². The van der Waals surface area contributed by atoms with Crippen LogP contribution in [0.25, 0.3) is 0 Å². The molecule has 0 aliphatic carbocycles. The van der Waals surface area contributed by atoms with E-state index in [1.807, 2.05) is 0 Å². The first-order chi connectivity index (χ1) is 8.60. The number of furan rings is 1. The van der Waals surface area contributed by atoms with Crippen LogP contribution in [0.4, 0.5) is 4.39 Å². The minimum atomic E-state index is -0.398. The smallest absolute Gasteiger partial charge is 0.194 e. The van der Waals surface area contributed by atoms with Crippen LogP contribution in [-0.2, 0) is 6.42 Å². The summed E-state index contributed by atoms with van der Waals surface area (Å²) < 4.78 is 23.5. The summed E-state index contributed by atoms with van der Waals surface area (Å²) in [6.07, 6.45) is 0.490. The number of rotatable bonds is 4. The van der Waals surface area contributed by atoms with Crippen LogP contribution < -0.4 is 4.74 Å². The Morgan fingerprint density at radius 3 is 2.72 bits per heavy atom. The molecule has 0 atom stereocenters. The second-order valence-electron chi connectivity index (χ2n) is 3.97. The molecule has 0 saturated carbocycles. The molecule has 0 unspecified atom stereocenters. The quantitative estimate of drug-likeness (QED) is 0.780. The summed E-state index contributed by atoms with van der Waals surface area (Å²) in [5.41, 5.74) is 0.859. The van der Waals surface area contributed by atoms with E-state index < -0.39 is 5.82 Å². The van der Waals surface area contributed by atoms with E-state index in [-0.39, 0.29) is 11.5 Å². The van der Waals surface area contributed by atoms with E-state index in [2.05, 4.69) is 0 Å². The predicted molar refractivity (Wildman–Crippen MR) is 64.5 cm³/mol. The van der Waals surface area contributed by atoms with Gasteiger partial charge in [-0.15, -0.1) is 0 Å². The highest BCUT2D eigenvalue weighted by molar-refractivity contribution is 5.91. The van der Waals surface area contributed by atoms with Crippen molar-refractivity contribution in [3.05, 3.63) is 53.2 Å². The molecule has 0 aliphatic rings. The topological polar surface area (TPSA) is 39.4 Å². The number of Topliss-reactive ketones (excluding diaryl/α,β-unsaturated/α-hetero) is 1. The molecule has 0 N–H and O–H groups in total. The number of halogens is 1. The first-order valence-corrected chi connectivity index (χ1v) is 5.52. The third-order valence-electron chi connectivity index (χ3n) is 2.60. The van der Waals surface area contributed by atoms with Crippen molar-refractivity contribution in [1.29, 1.82) is 0 Å². The Kier molecular flexibility index (Phi) is 3.46. The minimum Gasteiger partial charge on any atom is -0.494 e. The zero-order valence-corrected chi connectivity index (χ0v) is 10.2. The Hall–Kier alpha value is -2.10. The van der Waals surface area contributed by atoms with Gasteiger partial charge in [0.05, 0.1) is 7.11 Å². The molecule has 0 bridgehead atoms. The monoisotopic (exact) mass is 248 g/mol. The number of carbonyl (C=O) groups is 1. The third kappa shape index (κ3) is 2.59. The molecule has 18 heavy (non-hydrogen) atoms. The highest BCUT2D eigenvalue weighted by atomic mass is 19.1. The molecule has 0 spiro atoms. The summed E-state index contributed by atoms with van der Waals surface area (Å²) in [4.78, 5) is 11.1. The van der Waals surface area contributed by atoms with Crippen LogP contribution in [0.15, 0.2) is 34.7 Å². The van der Waals surface area contributed by atoms with Crippen molar-refractivity contribution in [2.45, 2.75) is 13.3 Å². The fourth-order valence-electron chi connectivity index (χ4n) is 1.68. The summed E-state index contributed by atoms with van der Waals surface area (Å²) in [5, 5.41) is 0. The summed E-state index contributed by atoms with van der Waals surface area (Å²) in [6, 6.07) is 8.01. The standard InChI is InChI=1S/C14H13FO3/c1-9(16)13-6-4-11(18-13)7-10-3-5-12(15)14(8-10)17-2/h3-6,8H,7H2,1-2H3. The van der Waals surface area contributed by atoms with Crippen LogP contribution in [0, 0.1) is 5.82 Å². The Morgan fingerprint density at radius 1 is 1.33 bits per heavy atom. The van der Waals surface area contributed by atoms with Gasteiger partial charge in [-0.05, 0) is 29.8 Å². The van der Waals surface area contributed by atoms with Gasteiger partial charge in [-0.3, -0.25) is 4.79 Å². The average Bonchev–Trinajstić information content (AvgIpc) is 2.80. The van der Waals surface area contributed by atoms with E-state index in [1.54, 1.807) is 24.3 Å². The number of carbonyl (C=O) groups excluding carboxylic acids is 1. The fraction of sp³-hybridized carbons (Fsp3) is 0.214. The maximum atomic E-state index is 13.2. The SMILES string of the molecule is COc1cc(Cc2ccc(C(C)=O)o2)ccc1F. The van der Waals surface area contributed by atoms with Crippen molar-refractivity contribution in [2.24, 2.45) is 0 Å². The number of ether oxygens (including phenoxy) is 1. The molecule has 0 radical (unpaired) electrons. The molecule has 0 saturated heterocycles. The lowest BCUT2D eigenvalue weighted by atomic mass is 10.1. The largest absolute Gasteiger partial charge is 0.494 e. The fourth-order valence-corrected chi connectivity index (χ4v) is 1.68. The minimum absolute atomic E-state index is 0.113. The number of ketones is 1. The van der Waals surface area contributed by atoms with Crippen molar-refractivity contribution < 1.29 is 18.3 Å². The molecule has 2 aromatic rings. The van der Waals surface area contributed by atoms with Gasteiger partial charge in [0.2, 0.25) is 0 Å². The molecule has 0 amide bonds. The molecule has 0 aliphatic heterocycles. The highest BCUT2D eigenvalue weighted by Gasteiger charge is 2.09. The van der Waals surface area contributed by atoms with Gasteiger partial charge in [0.25, 0.3) is 0 Å². The van der Waals surface area contributed by atoms with Crippen LogP contribution in [0.5, 0.6) is 5.75 Å². The normalized spacial score (nSPS) is 10.4. The van der Waals surface area contributed by atoms with Gasteiger partial charge in [-0.25, -0.2) is 4.39 Å². The molecule has 1 aromatic heterocycles. The van der Waals surface area contributed by atoms with Gasteiger partial charge in [0.1, 0.15) is 5.76 Å². The Bertz CT molecular complexity index is 572. The van der Waals surface area contributed by atoms with E-state index in [1.165, 1.54) is 20.1 Å². The van der Waals surface area contributed by atoms with Crippen molar-refractivity contribution >= 4 is 5.78 Å². The van der Waals surface area contributed by atoms with Crippen molar-refractivity contribution in [3.8, 4) is 5.75 Å². The van der Waals surface area contributed by atoms with E-state index >= 15 is 0 Å². The first-order valence-electron chi connectivity index (χ1n) is 5.52. The summed E-state index contributed by atoms with van der Waals surface area (Å²) in [7, 11) is 1.42. The lowest BCUT2D eigenvalue weighted by Crippen LogP contribution is -1.92. The number of methoxy groups -OCH3 is 1. The number of hydrogen-bond acceptors (Lipinski definition) is 3. The molecule has 94 valence electrons. The molecule has 3 nitrogen and oxygen atoms in total. The van der Waals surface area contributed by atoms with Crippen molar-refractivity contribution in [2.75, 3.05) is 7.11 Å². The van der Waals surface area contributed by atoms with Gasteiger partial charge in [0, 0.05) is 13.3 Å². The van der Waals surface area contributed by atoms with Gasteiger partial charge in [-0.2, -0.15) is 0 Å². The predicted octanol–water partition coefficient (Wildman–Crippen LogP) is 3.22. The summed E-state index contributed by atoms with van der Waals surface area (Å²) >= 11 is 0.